The van der Waals surface area contributed by atoms with Gasteiger partial charge in [-0.3, -0.25) is 9.52 Å². The first kappa shape index (κ1) is 22.1. The van der Waals surface area contributed by atoms with E-state index in [1.165, 1.54) is 30.3 Å². The molecule has 0 fully saturated rings. The van der Waals surface area contributed by atoms with E-state index in [0.717, 1.165) is 15.7 Å². The van der Waals surface area contributed by atoms with Gasteiger partial charge in [-0.15, -0.1) is 0 Å². The van der Waals surface area contributed by atoms with Gasteiger partial charge in [0.1, 0.15) is 0 Å². The molecule has 1 amide bonds. The van der Waals surface area contributed by atoms with Gasteiger partial charge < -0.3 is 5.32 Å². The maximum atomic E-state index is 12.8. The van der Waals surface area contributed by atoms with Crippen LogP contribution in [0.2, 0.25) is 0 Å². The van der Waals surface area contributed by atoms with E-state index in [1.807, 2.05) is 22.6 Å². The van der Waals surface area contributed by atoms with E-state index in [-0.39, 0.29) is 16.5 Å². The highest BCUT2D eigenvalue weighted by molar-refractivity contribution is 14.1. The third-order valence-electron chi connectivity index (χ3n) is 3.98. The van der Waals surface area contributed by atoms with Crippen LogP contribution in [-0.4, -0.2) is 14.3 Å². The molecule has 0 atom stereocenters. The number of hydrogen-bond donors (Lipinski definition) is 2. The van der Waals surface area contributed by atoms with E-state index < -0.39 is 21.8 Å². The van der Waals surface area contributed by atoms with Crippen LogP contribution in [0.25, 0.3) is 0 Å². The van der Waals surface area contributed by atoms with Gasteiger partial charge in [0, 0.05) is 14.9 Å². The summed E-state index contributed by atoms with van der Waals surface area (Å²) in [6.45, 7) is 0. The number of sulfonamides is 1. The Hall–Kier alpha value is -2.60. The quantitative estimate of drug-likeness (QED) is 0.423. The van der Waals surface area contributed by atoms with Gasteiger partial charge in [0.05, 0.1) is 16.0 Å². The highest BCUT2D eigenvalue weighted by Crippen LogP contribution is 2.31. The first-order valence-electron chi connectivity index (χ1n) is 8.42. The zero-order valence-electron chi connectivity index (χ0n) is 15.1. The zero-order chi connectivity index (χ0) is 21.9. The first-order valence-corrected chi connectivity index (χ1v) is 11.0. The van der Waals surface area contributed by atoms with Crippen molar-refractivity contribution in [2.75, 3.05) is 10.0 Å². The van der Waals surface area contributed by atoms with Gasteiger partial charge >= 0.3 is 6.18 Å². The Morgan fingerprint density at radius 3 is 2.17 bits per heavy atom. The van der Waals surface area contributed by atoms with Gasteiger partial charge in [0.15, 0.2) is 0 Å². The Kier molecular flexibility index (Phi) is 6.36. The fourth-order valence-corrected chi connectivity index (χ4v) is 4.22. The lowest BCUT2D eigenvalue weighted by molar-refractivity contribution is -0.137. The van der Waals surface area contributed by atoms with Gasteiger partial charge in [-0.2, -0.15) is 13.2 Å². The second kappa shape index (κ2) is 8.64. The third-order valence-corrected chi connectivity index (χ3v) is 6.32. The highest BCUT2D eigenvalue weighted by Gasteiger charge is 2.30. The summed E-state index contributed by atoms with van der Waals surface area (Å²) in [4.78, 5) is 12.2. The molecule has 3 aromatic carbocycles. The molecule has 0 aliphatic heterocycles. The summed E-state index contributed by atoms with van der Waals surface area (Å²) in [6.07, 6.45) is -4.59. The standard InChI is InChI=1S/C20H14F3IN2O3S/c21-20(22,23)13-4-3-5-15(12-13)26-30(28,29)16-10-8-14(9-11-16)25-19(27)17-6-1-2-7-18(17)24/h1-12,26H,(H,25,27). The van der Waals surface area contributed by atoms with Crippen molar-refractivity contribution in [3.05, 3.63) is 87.5 Å². The predicted octanol–water partition coefficient (Wildman–Crippen LogP) is 5.36. The molecular formula is C20H14F3IN2O3S. The molecule has 0 heterocycles. The molecule has 10 heteroatoms. The van der Waals surface area contributed by atoms with Crippen LogP contribution in [0.1, 0.15) is 15.9 Å². The number of carbonyl (C=O) groups excluding carboxylic acids is 1. The summed E-state index contributed by atoms with van der Waals surface area (Å²) in [6, 6.07) is 16.2. The number of amides is 1. The minimum Gasteiger partial charge on any atom is -0.322 e. The molecule has 0 spiro atoms. The Bertz CT molecular complexity index is 1180. The average Bonchev–Trinajstić information content (AvgIpc) is 2.68. The maximum Gasteiger partial charge on any atom is 0.416 e. The van der Waals surface area contributed by atoms with Crippen molar-refractivity contribution in [3.63, 3.8) is 0 Å². The molecule has 0 aliphatic carbocycles. The number of alkyl halides is 3. The minimum absolute atomic E-state index is 0.160. The number of anilines is 2. The normalized spacial score (nSPS) is 11.7. The second-order valence-corrected chi connectivity index (χ2v) is 8.99. The first-order chi connectivity index (χ1) is 14.1. The lowest BCUT2D eigenvalue weighted by Crippen LogP contribution is -2.15. The lowest BCUT2D eigenvalue weighted by atomic mass is 10.2. The molecule has 3 aromatic rings. The molecule has 0 aromatic heterocycles. The van der Waals surface area contributed by atoms with E-state index >= 15 is 0 Å². The fourth-order valence-electron chi connectivity index (χ4n) is 2.53. The minimum atomic E-state index is -4.59. The topological polar surface area (TPSA) is 75.3 Å². The van der Waals surface area contributed by atoms with Crippen LogP contribution in [0.3, 0.4) is 0 Å². The number of nitrogens with one attached hydrogen (secondary N) is 2. The smallest absolute Gasteiger partial charge is 0.322 e. The molecule has 5 nitrogen and oxygen atoms in total. The van der Waals surface area contributed by atoms with E-state index in [1.54, 1.807) is 24.3 Å². The Balaban J connectivity index is 1.75. The molecule has 0 saturated carbocycles. The summed E-state index contributed by atoms with van der Waals surface area (Å²) in [5, 5.41) is 2.67. The van der Waals surface area contributed by atoms with Crippen LogP contribution in [-0.2, 0) is 16.2 Å². The number of carbonyl (C=O) groups is 1. The SMILES string of the molecule is O=C(Nc1ccc(S(=O)(=O)Nc2cccc(C(F)(F)F)c2)cc1)c1ccccc1I. The summed E-state index contributed by atoms with van der Waals surface area (Å²) >= 11 is 2.03. The highest BCUT2D eigenvalue weighted by atomic mass is 127. The van der Waals surface area contributed by atoms with Crippen LogP contribution in [0.4, 0.5) is 24.5 Å². The van der Waals surface area contributed by atoms with Crippen molar-refractivity contribution in [3.8, 4) is 0 Å². The van der Waals surface area contributed by atoms with Crippen molar-refractivity contribution >= 4 is 49.9 Å². The molecular weight excluding hydrogens is 532 g/mol. The molecule has 156 valence electrons. The van der Waals surface area contributed by atoms with Gasteiger partial charge in [-0.05, 0) is 77.2 Å². The maximum absolute atomic E-state index is 12.8. The number of hydrogen-bond acceptors (Lipinski definition) is 3. The van der Waals surface area contributed by atoms with Gasteiger partial charge in [-0.1, -0.05) is 18.2 Å². The molecule has 0 aliphatic rings. The van der Waals surface area contributed by atoms with Crippen LogP contribution in [0.5, 0.6) is 0 Å². The monoisotopic (exact) mass is 546 g/mol. The number of rotatable bonds is 5. The van der Waals surface area contributed by atoms with Crippen molar-refractivity contribution < 1.29 is 26.4 Å². The lowest BCUT2D eigenvalue weighted by Gasteiger charge is -2.12. The van der Waals surface area contributed by atoms with Crippen LogP contribution >= 0.6 is 22.6 Å². The Morgan fingerprint density at radius 2 is 1.53 bits per heavy atom. The summed E-state index contributed by atoms with van der Waals surface area (Å²) < 4.78 is 66.3. The summed E-state index contributed by atoms with van der Waals surface area (Å²) in [7, 11) is -4.11. The average molecular weight is 546 g/mol. The number of benzene rings is 3. The molecule has 3 rings (SSSR count). The van der Waals surface area contributed by atoms with E-state index in [2.05, 4.69) is 10.0 Å². The van der Waals surface area contributed by atoms with Crippen LogP contribution < -0.4 is 10.0 Å². The van der Waals surface area contributed by atoms with Gasteiger partial charge in [0.2, 0.25) is 0 Å². The summed E-state index contributed by atoms with van der Waals surface area (Å²) in [5.74, 6) is -0.349. The van der Waals surface area contributed by atoms with E-state index in [0.29, 0.717) is 17.3 Å². The Morgan fingerprint density at radius 1 is 0.867 bits per heavy atom. The molecule has 0 unspecified atom stereocenters. The summed E-state index contributed by atoms with van der Waals surface area (Å²) in [5.41, 5.74) is -0.323. The van der Waals surface area contributed by atoms with Gasteiger partial charge in [0.25, 0.3) is 15.9 Å². The zero-order valence-corrected chi connectivity index (χ0v) is 18.0. The van der Waals surface area contributed by atoms with Gasteiger partial charge in [-0.25, -0.2) is 8.42 Å². The second-order valence-electron chi connectivity index (χ2n) is 6.14. The fraction of sp³-hybridized carbons (Fsp3) is 0.0500. The number of halogens is 4. The van der Waals surface area contributed by atoms with Crippen LogP contribution in [0, 0.1) is 3.57 Å². The molecule has 2 N–H and O–H groups in total. The molecule has 0 radical (unpaired) electrons. The Labute approximate surface area is 184 Å². The van der Waals surface area contributed by atoms with Crippen molar-refractivity contribution in [1.29, 1.82) is 0 Å². The van der Waals surface area contributed by atoms with Crippen molar-refractivity contribution in [1.82, 2.24) is 0 Å². The predicted molar refractivity (Wildman–Crippen MR) is 116 cm³/mol. The van der Waals surface area contributed by atoms with Crippen LogP contribution in [0.15, 0.2) is 77.7 Å². The van der Waals surface area contributed by atoms with E-state index in [9.17, 15) is 26.4 Å². The third kappa shape index (κ3) is 5.30. The van der Waals surface area contributed by atoms with Crippen molar-refractivity contribution in [2.24, 2.45) is 0 Å². The molecule has 0 bridgehead atoms. The largest absolute Gasteiger partial charge is 0.416 e. The molecule has 30 heavy (non-hydrogen) atoms. The van der Waals surface area contributed by atoms with E-state index in [4.69, 9.17) is 0 Å². The van der Waals surface area contributed by atoms with Crippen molar-refractivity contribution in [2.45, 2.75) is 11.1 Å². The molecule has 0 saturated heterocycles.